The smallest absolute Gasteiger partial charge is 0.246 e. The van der Waals surface area contributed by atoms with E-state index in [1.807, 2.05) is 13.2 Å². The van der Waals surface area contributed by atoms with E-state index < -0.39 is 0 Å². The summed E-state index contributed by atoms with van der Waals surface area (Å²) in [6, 6.07) is 0. The molecule has 6 nitrogen and oxygen atoms in total. The van der Waals surface area contributed by atoms with Crippen molar-refractivity contribution < 1.29 is 9.59 Å². The Morgan fingerprint density at radius 2 is 2.14 bits per heavy atom. The minimum absolute atomic E-state index is 0.00393. The maximum atomic E-state index is 12.7. The molecule has 6 heteroatoms. The molecular formula is C16H22N4O2. The third kappa shape index (κ3) is 2.21. The molecule has 118 valence electrons. The second-order valence-electron chi connectivity index (χ2n) is 6.96. The SMILES string of the molecule is Cn1cc(N2CCN(C(=O)[C@@H]3C[C@H]4CC[C@H]3C4)CC2=O)cn1. The van der Waals surface area contributed by atoms with Gasteiger partial charge in [0.1, 0.15) is 6.54 Å². The predicted octanol–water partition coefficient (Wildman–Crippen LogP) is 1.03. The van der Waals surface area contributed by atoms with Gasteiger partial charge in [-0.2, -0.15) is 5.10 Å². The lowest BCUT2D eigenvalue weighted by atomic mass is 9.87. The fourth-order valence-electron chi connectivity index (χ4n) is 4.46. The molecule has 0 unspecified atom stereocenters. The van der Waals surface area contributed by atoms with Crippen LogP contribution in [-0.4, -0.2) is 46.1 Å². The Morgan fingerprint density at radius 1 is 1.27 bits per heavy atom. The predicted molar refractivity (Wildman–Crippen MR) is 81.1 cm³/mol. The van der Waals surface area contributed by atoms with Crippen LogP contribution in [0.5, 0.6) is 0 Å². The second kappa shape index (κ2) is 5.11. The molecular weight excluding hydrogens is 280 g/mol. The van der Waals surface area contributed by atoms with Crippen molar-refractivity contribution in [2.45, 2.75) is 25.7 Å². The number of hydrogen-bond acceptors (Lipinski definition) is 3. The minimum atomic E-state index is -0.00393. The lowest BCUT2D eigenvalue weighted by molar-refractivity contribution is -0.141. The van der Waals surface area contributed by atoms with Crippen LogP contribution in [0, 0.1) is 17.8 Å². The standard InChI is InChI=1S/C16H22N4O2/c1-18-9-13(8-17-18)20-5-4-19(10-15(20)21)16(22)14-7-11-2-3-12(14)6-11/h8-9,11-12,14H,2-7,10H2,1H3/t11-,12-,14+/m0/s1. The van der Waals surface area contributed by atoms with E-state index in [-0.39, 0.29) is 24.3 Å². The van der Waals surface area contributed by atoms with Gasteiger partial charge < -0.3 is 9.80 Å². The number of carbonyl (C=O) groups excluding carboxylic acids is 2. The fraction of sp³-hybridized carbons (Fsp3) is 0.688. The van der Waals surface area contributed by atoms with Crippen molar-refractivity contribution in [3.05, 3.63) is 12.4 Å². The van der Waals surface area contributed by atoms with Crippen LogP contribution in [0.2, 0.25) is 0 Å². The van der Waals surface area contributed by atoms with Gasteiger partial charge in [-0.15, -0.1) is 0 Å². The van der Waals surface area contributed by atoms with E-state index in [2.05, 4.69) is 5.10 Å². The Bertz CT molecular complexity index is 611. The van der Waals surface area contributed by atoms with Crippen molar-refractivity contribution in [2.24, 2.45) is 24.8 Å². The normalized spacial score (nSPS) is 31.1. The summed E-state index contributed by atoms with van der Waals surface area (Å²) in [5, 5.41) is 4.11. The highest BCUT2D eigenvalue weighted by molar-refractivity contribution is 5.98. The Hall–Kier alpha value is -1.85. The van der Waals surface area contributed by atoms with Gasteiger partial charge in [0, 0.05) is 32.3 Å². The Kier molecular flexibility index (Phi) is 3.20. The van der Waals surface area contributed by atoms with Crippen LogP contribution in [0.3, 0.4) is 0 Å². The molecule has 0 N–H and O–H groups in total. The van der Waals surface area contributed by atoms with Crippen molar-refractivity contribution in [3.63, 3.8) is 0 Å². The van der Waals surface area contributed by atoms with Crippen molar-refractivity contribution in [2.75, 3.05) is 24.5 Å². The summed E-state index contributed by atoms with van der Waals surface area (Å²) in [5.74, 6) is 1.72. The van der Waals surface area contributed by atoms with E-state index in [1.54, 1.807) is 20.7 Å². The molecule has 3 fully saturated rings. The van der Waals surface area contributed by atoms with Crippen LogP contribution < -0.4 is 4.90 Å². The van der Waals surface area contributed by atoms with Gasteiger partial charge >= 0.3 is 0 Å². The van der Waals surface area contributed by atoms with Gasteiger partial charge in [0.25, 0.3) is 0 Å². The molecule has 2 saturated carbocycles. The summed E-state index contributed by atoms with van der Waals surface area (Å²) >= 11 is 0. The molecule has 0 spiro atoms. The zero-order valence-corrected chi connectivity index (χ0v) is 12.9. The number of hydrogen-bond donors (Lipinski definition) is 0. The zero-order valence-electron chi connectivity index (χ0n) is 12.9. The molecule has 0 radical (unpaired) electrons. The van der Waals surface area contributed by atoms with Gasteiger partial charge in [0.15, 0.2) is 0 Å². The molecule has 1 aromatic heterocycles. The summed E-state index contributed by atoms with van der Waals surface area (Å²) in [6.45, 7) is 1.41. The molecule has 2 bridgehead atoms. The molecule has 2 amide bonds. The first-order chi connectivity index (χ1) is 10.6. The van der Waals surface area contributed by atoms with Gasteiger partial charge in [0.05, 0.1) is 11.9 Å². The largest absolute Gasteiger partial charge is 0.331 e. The maximum absolute atomic E-state index is 12.7. The van der Waals surface area contributed by atoms with Crippen LogP contribution in [0.1, 0.15) is 25.7 Å². The van der Waals surface area contributed by atoms with Crippen LogP contribution >= 0.6 is 0 Å². The average Bonchev–Trinajstić information content (AvgIpc) is 3.22. The Balaban J connectivity index is 1.42. The van der Waals surface area contributed by atoms with E-state index in [0.29, 0.717) is 19.0 Å². The molecule has 3 aliphatic rings. The van der Waals surface area contributed by atoms with E-state index in [1.165, 1.54) is 19.3 Å². The number of aryl methyl sites for hydroxylation is 1. The Labute approximate surface area is 130 Å². The number of amides is 2. The average molecular weight is 302 g/mol. The van der Waals surface area contributed by atoms with Gasteiger partial charge in [-0.05, 0) is 31.1 Å². The summed E-state index contributed by atoms with van der Waals surface area (Å²) in [6.07, 6.45) is 8.30. The number of piperazine rings is 1. The number of nitrogens with zero attached hydrogens (tertiary/aromatic N) is 4. The van der Waals surface area contributed by atoms with E-state index in [9.17, 15) is 9.59 Å². The maximum Gasteiger partial charge on any atom is 0.246 e. The molecule has 2 aliphatic carbocycles. The summed E-state index contributed by atoms with van der Waals surface area (Å²) in [7, 11) is 1.84. The van der Waals surface area contributed by atoms with Crippen LogP contribution in [0.25, 0.3) is 0 Å². The minimum Gasteiger partial charge on any atom is -0.331 e. The lowest BCUT2D eigenvalue weighted by Crippen LogP contribution is -2.54. The quantitative estimate of drug-likeness (QED) is 0.820. The van der Waals surface area contributed by atoms with E-state index >= 15 is 0 Å². The third-order valence-electron chi connectivity index (χ3n) is 5.59. The first kappa shape index (κ1) is 13.8. The van der Waals surface area contributed by atoms with Gasteiger partial charge in [0.2, 0.25) is 11.8 Å². The number of aromatic nitrogens is 2. The fourth-order valence-corrected chi connectivity index (χ4v) is 4.46. The molecule has 22 heavy (non-hydrogen) atoms. The molecule has 4 rings (SSSR count). The zero-order chi connectivity index (χ0) is 15.3. The van der Waals surface area contributed by atoms with E-state index in [0.717, 1.165) is 18.0 Å². The Morgan fingerprint density at radius 3 is 2.73 bits per heavy atom. The van der Waals surface area contributed by atoms with Gasteiger partial charge in [-0.25, -0.2) is 0 Å². The summed E-state index contributed by atoms with van der Waals surface area (Å²) in [5.41, 5.74) is 0.819. The molecule has 1 aromatic rings. The first-order valence-electron chi connectivity index (χ1n) is 8.19. The number of fused-ring (bicyclic) bond motifs is 2. The lowest BCUT2D eigenvalue weighted by Gasteiger charge is -2.36. The number of anilines is 1. The molecule has 1 saturated heterocycles. The highest BCUT2D eigenvalue weighted by Gasteiger charge is 2.45. The van der Waals surface area contributed by atoms with Crippen LogP contribution in [-0.2, 0) is 16.6 Å². The monoisotopic (exact) mass is 302 g/mol. The second-order valence-corrected chi connectivity index (χ2v) is 6.96. The van der Waals surface area contributed by atoms with Crippen molar-refractivity contribution >= 4 is 17.5 Å². The topological polar surface area (TPSA) is 58.4 Å². The number of carbonyl (C=O) groups is 2. The van der Waals surface area contributed by atoms with Crippen molar-refractivity contribution in [3.8, 4) is 0 Å². The summed E-state index contributed by atoms with van der Waals surface area (Å²) < 4.78 is 1.69. The van der Waals surface area contributed by atoms with Crippen LogP contribution in [0.15, 0.2) is 12.4 Å². The van der Waals surface area contributed by atoms with Crippen molar-refractivity contribution in [1.82, 2.24) is 14.7 Å². The van der Waals surface area contributed by atoms with E-state index in [4.69, 9.17) is 0 Å². The molecule has 0 aromatic carbocycles. The third-order valence-corrected chi connectivity index (χ3v) is 5.59. The molecule has 1 aliphatic heterocycles. The number of rotatable bonds is 2. The highest BCUT2D eigenvalue weighted by atomic mass is 16.2. The van der Waals surface area contributed by atoms with Gasteiger partial charge in [-0.3, -0.25) is 14.3 Å². The van der Waals surface area contributed by atoms with Crippen LogP contribution in [0.4, 0.5) is 5.69 Å². The summed E-state index contributed by atoms with van der Waals surface area (Å²) in [4.78, 5) is 28.6. The highest BCUT2D eigenvalue weighted by Crippen LogP contribution is 2.48. The van der Waals surface area contributed by atoms with Crippen molar-refractivity contribution in [1.29, 1.82) is 0 Å². The molecule has 2 heterocycles. The molecule has 3 atom stereocenters. The first-order valence-corrected chi connectivity index (χ1v) is 8.19. The van der Waals surface area contributed by atoms with Gasteiger partial charge in [-0.1, -0.05) is 6.42 Å².